The average molecular weight is 219 g/mol. The molecule has 0 unspecified atom stereocenters. The number of amides is 1. The molecule has 1 fully saturated rings. The third-order valence-corrected chi connectivity index (χ3v) is 2.18. The Labute approximate surface area is 92.4 Å². The summed E-state index contributed by atoms with van der Waals surface area (Å²) >= 11 is 0. The van der Waals surface area contributed by atoms with Crippen LogP contribution in [0.1, 0.15) is 12.0 Å². The van der Waals surface area contributed by atoms with Gasteiger partial charge in [-0.3, -0.25) is 10.2 Å². The fourth-order valence-electron chi connectivity index (χ4n) is 1.35. The molecular formula is C10H13N5O. The van der Waals surface area contributed by atoms with E-state index in [1.807, 2.05) is 25.1 Å². The van der Waals surface area contributed by atoms with E-state index in [-0.39, 0.29) is 5.91 Å². The second kappa shape index (κ2) is 4.71. The van der Waals surface area contributed by atoms with Gasteiger partial charge in [-0.2, -0.15) is 15.4 Å². The van der Waals surface area contributed by atoms with E-state index in [9.17, 15) is 4.79 Å². The quantitative estimate of drug-likeness (QED) is 0.594. The van der Waals surface area contributed by atoms with Gasteiger partial charge in [-0.25, -0.2) is 5.43 Å². The number of carbonyl (C=O) groups excluding carboxylic acids is 1. The molecule has 0 radical (unpaired) electrons. The van der Waals surface area contributed by atoms with Gasteiger partial charge in [0.15, 0.2) is 0 Å². The number of fused-ring (bicyclic) bond motifs is 1. The number of aromatic amines is 1. The van der Waals surface area contributed by atoms with Crippen molar-refractivity contribution in [1.82, 2.24) is 26.3 Å². The van der Waals surface area contributed by atoms with E-state index in [1.165, 1.54) is 5.56 Å². The molecule has 0 atom stereocenters. The zero-order valence-electron chi connectivity index (χ0n) is 8.95. The molecule has 0 bridgehead atoms. The van der Waals surface area contributed by atoms with E-state index in [4.69, 9.17) is 0 Å². The number of hydrazine groups is 1. The molecule has 16 heavy (non-hydrogen) atoms. The summed E-state index contributed by atoms with van der Waals surface area (Å²) in [6.45, 7) is 2.81. The molecule has 0 aliphatic carbocycles. The van der Waals surface area contributed by atoms with Crippen LogP contribution in [0.4, 0.5) is 0 Å². The number of aromatic nitrogens is 3. The molecule has 1 aromatic carbocycles. The second-order valence-electron chi connectivity index (χ2n) is 3.54. The fraction of sp³-hybridized carbons (Fsp3) is 0.300. The lowest BCUT2D eigenvalue weighted by Crippen LogP contribution is -2.25. The zero-order chi connectivity index (χ0) is 11.4. The van der Waals surface area contributed by atoms with Crippen molar-refractivity contribution >= 4 is 16.9 Å². The van der Waals surface area contributed by atoms with Gasteiger partial charge in [-0.05, 0) is 24.6 Å². The first-order valence-electron chi connectivity index (χ1n) is 5.04. The van der Waals surface area contributed by atoms with Crippen LogP contribution in [0.15, 0.2) is 18.2 Å². The third kappa shape index (κ3) is 2.54. The second-order valence-corrected chi connectivity index (χ2v) is 3.54. The number of rotatable bonds is 0. The van der Waals surface area contributed by atoms with Crippen molar-refractivity contribution in [1.29, 1.82) is 0 Å². The topological polar surface area (TPSA) is 82.7 Å². The van der Waals surface area contributed by atoms with Crippen molar-refractivity contribution < 1.29 is 4.79 Å². The fourth-order valence-corrected chi connectivity index (χ4v) is 1.35. The van der Waals surface area contributed by atoms with Crippen molar-refractivity contribution in [2.24, 2.45) is 0 Å². The third-order valence-electron chi connectivity index (χ3n) is 2.18. The number of nitrogens with zero attached hydrogens (tertiary/aromatic N) is 2. The number of benzene rings is 1. The van der Waals surface area contributed by atoms with Crippen molar-refractivity contribution in [3.63, 3.8) is 0 Å². The van der Waals surface area contributed by atoms with E-state index in [0.717, 1.165) is 17.6 Å². The molecule has 1 saturated heterocycles. The normalized spacial score (nSPS) is 14.4. The highest BCUT2D eigenvalue weighted by Crippen LogP contribution is 2.08. The van der Waals surface area contributed by atoms with Crippen molar-refractivity contribution in [3.05, 3.63) is 23.8 Å². The summed E-state index contributed by atoms with van der Waals surface area (Å²) in [6, 6.07) is 5.97. The smallest absolute Gasteiger partial charge is 0.235 e. The Morgan fingerprint density at radius 1 is 1.25 bits per heavy atom. The van der Waals surface area contributed by atoms with Gasteiger partial charge in [0, 0.05) is 13.0 Å². The molecule has 2 aromatic rings. The minimum Gasteiger partial charge on any atom is -0.292 e. The summed E-state index contributed by atoms with van der Waals surface area (Å²) < 4.78 is 0. The molecule has 6 nitrogen and oxygen atoms in total. The van der Waals surface area contributed by atoms with Crippen LogP contribution in [0.2, 0.25) is 0 Å². The van der Waals surface area contributed by atoms with Crippen LogP contribution in [-0.4, -0.2) is 27.9 Å². The largest absolute Gasteiger partial charge is 0.292 e. The lowest BCUT2D eigenvalue weighted by Gasteiger charge is -1.87. The lowest BCUT2D eigenvalue weighted by molar-refractivity contribution is -0.119. The van der Waals surface area contributed by atoms with Gasteiger partial charge in [0.05, 0.1) is 0 Å². The molecular weight excluding hydrogens is 206 g/mol. The SMILES string of the molecule is Cc1ccc2n[nH]nc2c1.O=C1CCNN1. The van der Waals surface area contributed by atoms with Crippen molar-refractivity contribution in [3.8, 4) is 0 Å². The van der Waals surface area contributed by atoms with Crippen LogP contribution < -0.4 is 10.9 Å². The Balaban J connectivity index is 0.000000138. The molecule has 0 saturated carbocycles. The monoisotopic (exact) mass is 219 g/mol. The van der Waals surface area contributed by atoms with Crippen LogP contribution in [-0.2, 0) is 4.79 Å². The molecule has 1 aromatic heterocycles. The minimum atomic E-state index is 0.0926. The van der Waals surface area contributed by atoms with Crippen LogP contribution >= 0.6 is 0 Å². The molecule has 2 heterocycles. The predicted octanol–water partition coefficient (Wildman–Crippen LogP) is 0.277. The highest BCUT2D eigenvalue weighted by atomic mass is 16.2. The summed E-state index contributed by atoms with van der Waals surface area (Å²) in [4.78, 5) is 10.1. The number of H-pyrrole nitrogens is 1. The maximum absolute atomic E-state index is 10.1. The Hall–Kier alpha value is -1.95. The highest BCUT2D eigenvalue weighted by Gasteiger charge is 2.04. The molecule has 3 N–H and O–H groups in total. The zero-order valence-corrected chi connectivity index (χ0v) is 8.95. The average Bonchev–Trinajstić information content (AvgIpc) is 2.88. The number of carbonyl (C=O) groups is 1. The van der Waals surface area contributed by atoms with E-state index in [1.54, 1.807) is 0 Å². The van der Waals surface area contributed by atoms with Crippen LogP contribution in [0.25, 0.3) is 11.0 Å². The summed E-state index contributed by atoms with van der Waals surface area (Å²) in [5, 5.41) is 10.4. The maximum Gasteiger partial charge on any atom is 0.235 e. The van der Waals surface area contributed by atoms with Crippen LogP contribution in [0, 0.1) is 6.92 Å². The Bertz CT molecular complexity index is 485. The highest BCUT2D eigenvalue weighted by molar-refractivity contribution is 5.77. The van der Waals surface area contributed by atoms with Gasteiger partial charge in [0.1, 0.15) is 11.0 Å². The van der Waals surface area contributed by atoms with Crippen molar-refractivity contribution in [2.45, 2.75) is 13.3 Å². The van der Waals surface area contributed by atoms with Gasteiger partial charge in [0.25, 0.3) is 0 Å². The van der Waals surface area contributed by atoms with Gasteiger partial charge in [-0.15, -0.1) is 0 Å². The Morgan fingerprint density at radius 3 is 2.69 bits per heavy atom. The number of hydrogen-bond donors (Lipinski definition) is 3. The Kier molecular flexibility index (Phi) is 3.11. The van der Waals surface area contributed by atoms with Gasteiger partial charge >= 0.3 is 0 Å². The van der Waals surface area contributed by atoms with Crippen molar-refractivity contribution in [2.75, 3.05) is 6.54 Å². The summed E-state index contributed by atoms with van der Waals surface area (Å²) in [6.07, 6.45) is 0.625. The summed E-state index contributed by atoms with van der Waals surface area (Å²) in [5.41, 5.74) is 8.17. The first-order chi connectivity index (χ1) is 7.75. The standard InChI is InChI=1S/C7H7N3.C3H6N2O/c1-5-2-3-6-7(4-5)9-10-8-6;6-3-1-2-4-5-3/h2-4H,1H3,(H,8,9,10);4H,1-2H2,(H,5,6). The number of hydrogen-bond acceptors (Lipinski definition) is 4. The first kappa shape index (κ1) is 10.6. The summed E-state index contributed by atoms with van der Waals surface area (Å²) in [7, 11) is 0. The minimum absolute atomic E-state index is 0.0926. The Morgan fingerprint density at radius 2 is 2.06 bits per heavy atom. The lowest BCUT2D eigenvalue weighted by atomic mass is 10.2. The number of nitrogens with one attached hydrogen (secondary N) is 3. The molecule has 1 amide bonds. The van der Waals surface area contributed by atoms with E-state index >= 15 is 0 Å². The summed E-state index contributed by atoms with van der Waals surface area (Å²) in [5.74, 6) is 0.0926. The van der Waals surface area contributed by atoms with Gasteiger partial charge in [-0.1, -0.05) is 6.07 Å². The molecule has 0 spiro atoms. The molecule has 1 aliphatic heterocycles. The van der Waals surface area contributed by atoms with E-state index < -0.39 is 0 Å². The van der Waals surface area contributed by atoms with Gasteiger partial charge in [0.2, 0.25) is 5.91 Å². The number of aryl methyl sites for hydroxylation is 1. The molecule has 84 valence electrons. The maximum atomic E-state index is 10.1. The molecule has 3 rings (SSSR count). The predicted molar refractivity (Wildman–Crippen MR) is 59.4 cm³/mol. The van der Waals surface area contributed by atoms with E-state index in [0.29, 0.717) is 6.42 Å². The van der Waals surface area contributed by atoms with Crippen LogP contribution in [0.3, 0.4) is 0 Å². The van der Waals surface area contributed by atoms with Crippen LogP contribution in [0.5, 0.6) is 0 Å². The molecule has 6 heteroatoms. The first-order valence-corrected chi connectivity index (χ1v) is 5.04. The van der Waals surface area contributed by atoms with E-state index in [2.05, 4.69) is 26.3 Å². The van der Waals surface area contributed by atoms with Gasteiger partial charge < -0.3 is 0 Å². The molecule has 1 aliphatic rings.